The first-order chi connectivity index (χ1) is 10.7. The van der Waals surface area contributed by atoms with E-state index < -0.39 is 0 Å². The number of hydrogen-bond acceptors (Lipinski definition) is 5. The van der Waals surface area contributed by atoms with Crippen LogP contribution in [0.3, 0.4) is 0 Å². The topological polar surface area (TPSA) is 77.6 Å². The first-order valence-electron chi connectivity index (χ1n) is 7.20. The van der Waals surface area contributed by atoms with Gasteiger partial charge in [0.05, 0.1) is 11.4 Å². The number of aryl methyl sites for hydroxylation is 1. The van der Waals surface area contributed by atoms with E-state index in [1.807, 2.05) is 51.1 Å². The fourth-order valence-electron chi connectivity index (χ4n) is 1.90. The third-order valence-electron chi connectivity index (χ3n) is 2.93. The van der Waals surface area contributed by atoms with E-state index in [1.54, 1.807) is 18.6 Å². The molecule has 5 heteroatoms. The van der Waals surface area contributed by atoms with Crippen LogP contribution in [0.25, 0.3) is 22.5 Å². The summed E-state index contributed by atoms with van der Waals surface area (Å²) in [6.45, 7) is 5.94. The van der Waals surface area contributed by atoms with Crippen LogP contribution >= 0.6 is 0 Å². The molecule has 114 valence electrons. The molecule has 0 saturated heterocycles. The Labute approximate surface area is 131 Å². The Hall–Kier alpha value is -2.82. The van der Waals surface area contributed by atoms with Gasteiger partial charge in [-0.2, -0.15) is 0 Å². The summed E-state index contributed by atoms with van der Waals surface area (Å²) in [7, 11) is 0. The Balaban J connectivity index is 0.000000849. The summed E-state index contributed by atoms with van der Waals surface area (Å²) in [5.41, 5.74) is 10.2. The van der Waals surface area contributed by atoms with Crippen molar-refractivity contribution >= 4 is 5.95 Å². The van der Waals surface area contributed by atoms with Gasteiger partial charge in [0.1, 0.15) is 0 Å². The van der Waals surface area contributed by atoms with Crippen LogP contribution in [0.5, 0.6) is 0 Å². The van der Waals surface area contributed by atoms with Crippen LogP contribution in [0.15, 0.2) is 48.9 Å². The third-order valence-corrected chi connectivity index (χ3v) is 2.93. The number of pyridine rings is 2. The zero-order valence-corrected chi connectivity index (χ0v) is 13.0. The van der Waals surface area contributed by atoms with Gasteiger partial charge in [0, 0.05) is 36.8 Å². The summed E-state index contributed by atoms with van der Waals surface area (Å²) in [6.07, 6.45) is 5.23. The molecule has 22 heavy (non-hydrogen) atoms. The summed E-state index contributed by atoms with van der Waals surface area (Å²) < 4.78 is 0. The minimum absolute atomic E-state index is 0. The summed E-state index contributed by atoms with van der Waals surface area (Å²) in [5.74, 6) is 0.245. The van der Waals surface area contributed by atoms with Gasteiger partial charge in [-0.25, -0.2) is 9.97 Å². The minimum atomic E-state index is 0. The van der Waals surface area contributed by atoms with E-state index in [9.17, 15) is 0 Å². The molecule has 0 aliphatic carbocycles. The molecular weight excluding hydrogens is 274 g/mol. The maximum absolute atomic E-state index is 5.81. The average molecular weight is 295 g/mol. The van der Waals surface area contributed by atoms with Gasteiger partial charge >= 0.3 is 0 Å². The van der Waals surface area contributed by atoms with Gasteiger partial charge in [0.15, 0.2) is 0 Å². The first-order valence-corrected chi connectivity index (χ1v) is 7.20. The highest BCUT2D eigenvalue weighted by molar-refractivity contribution is 5.68. The molecule has 0 bridgehead atoms. The first kappa shape index (κ1) is 15.6. The number of hydrogen-bond donors (Lipinski definition) is 1. The van der Waals surface area contributed by atoms with Gasteiger partial charge in [-0.15, -0.1) is 0 Å². The number of nitrogens with zero attached hydrogens (tertiary/aromatic N) is 4. The lowest BCUT2D eigenvalue weighted by Gasteiger charge is -2.06. The molecule has 3 rings (SSSR count). The van der Waals surface area contributed by atoms with E-state index >= 15 is 0 Å². The lowest BCUT2D eigenvalue weighted by Crippen LogP contribution is -1.99. The molecule has 0 radical (unpaired) electrons. The standard InChI is InChI=1S/C15H13N5.C2H6.H2/c1-10-2-3-12(9-18-10)14-8-13(19-15(16)20-14)11-4-6-17-7-5-11;1-2;/h2-9H,1H3,(H2,16,19,20);1-2H3;1H. The summed E-state index contributed by atoms with van der Waals surface area (Å²) in [6, 6.07) is 9.59. The van der Waals surface area contributed by atoms with Crippen molar-refractivity contribution in [3.8, 4) is 22.5 Å². The van der Waals surface area contributed by atoms with Crippen molar-refractivity contribution in [3.05, 3.63) is 54.6 Å². The van der Waals surface area contributed by atoms with E-state index in [4.69, 9.17) is 5.73 Å². The Bertz CT molecular complexity index is 730. The maximum Gasteiger partial charge on any atom is 0.221 e. The SMILES string of the molecule is CC.Cc1ccc(-c2cc(-c3ccncc3)nc(N)n2)cn1.[HH]. The smallest absolute Gasteiger partial charge is 0.221 e. The number of aromatic nitrogens is 4. The highest BCUT2D eigenvalue weighted by Crippen LogP contribution is 2.23. The fourth-order valence-corrected chi connectivity index (χ4v) is 1.90. The van der Waals surface area contributed by atoms with E-state index in [2.05, 4.69) is 19.9 Å². The Kier molecular flexibility index (Phi) is 5.14. The molecule has 0 aliphatic rings. The van der Waals surface area contributed by atoms with Crippen LogP contribution in [0.1, 0.15) is 21.0 Å². The number of anilines is 1. The van der Waals surface area contributed by atoms with E-state index in [0.29, 0.717) is 0 Å². The maximum atomic E-state index is 5.81. The van der Waals surface area contributed by atoms with Gasteiger partial charge in [-0.1, -0.05) is 13.8 Å². The average Bonchev–Trinajstić information content (AvgIpc) is 2.57. The molecule has 0 aliphatic heterocycles. The molecule has 5 nitrogen and oxygen atoms in total. The third kappa shape index (κ3) is 3.63. The molecule has 0 spiro atoms. The van der Waals surface area contributed by atoms with Crippen molar-refractivity contribution in [2.45, 2.75) is 20.8 Å². The second kappa shape index (κ2) is 7.26. The van der Waals surface area contributed by atoms with Gasteiger partial charge in [0.25, 0.3) is 0 Å². The predicted octanol–water partition coefficient (Wildman–Crippen LogP) is 3.76. The second-order valence-corrected chi connectivity index (χ2v) is 4.42. The molecule has 0 amide bonds. The molecule has 2 N–H and O–H groups in total. The minimum Gasteiger partial charge on any atom is -0.368 e. The Morgan fingerprint density at radius 1 is 0.909 bits per heavy atom. The van der Waals surface area contributed by atoms with Crippen LogP contribution in [-0.2, 0) is 0 Å². The largest absolute Gasteiger partial charge is 0.368 e. The van der Waals surface area contributed by atoms with E-state index in [0.717, 1.165) is 28.2 Å². The summed E-state index contributed by atoms with van der Waals surface area (Å²) >= 11 is 0. The van der Waals surface area contributed by atoms with E-state index in [1.165, 1.54) is 0 Å². The van der Waals surface area contributed by atoms with Crippen LogP contribution in [0.4, 0.5) is 5.95 Å². The molecule has 0 aromatic carbocycles. The van der Waals surface area contributed by atoms with Gasteiger partial charge in [-0.05, 0) is 37.3 Å². The van der Waals surface area contributed by atoms with Crippen molar-refractivity contribution in [2.24, 2.45) is 0 Å². The van der Waals surface area contributed by atoms with Crippen LogP contribution in [0, 0.1) is 6.92 Å². The molecule has 3 aromatic heterocycles. The molecule has 0 saturated carbocycles. The van der Waals surface area contributed by atoms with Crippen molar-refractivity contribution in [1.82, 2.24) is 19.9 Å². The zero-order valence-electron chi connectivity index (χ0n) is 13.0. The second-order valence-electron chi connectivity index (χ2n) is 4.42. The van der Waals surface area contributed by atoms with Crippen LogP contribution in [0.2, 0.25) is 0 Å². The lowest BCUT2D eigenvalue weighted by molar-refractivity contribution is 1.16. The van der Waals surface area contributed by atoms with Crippen molar-refractivity contribution in [3.63, 3.8) is 0 Å². The molecular formula is C17H21N5. The molecule has 0 atom stereocenters. The van der Waals surface area contributed by atoms with Gasteiger partial charge < -0.3 is 5.73 Å². The Morgan fingerprint density at radius 3 is 2.14 bits per heavy atom. The van der Waals surface area contributed by atoms with Crippen molar-refractivity contribution in [2.75, 3.05) is 5.73 Å². The molecule has 3 aromatic rings. The van der Waals surface area contributed by atoms with Crippen LogP contribution in [-0.4, -0.2) is 19.9 Å². The van der Waals surface area contributed by atoms with Crippen molar-refractivity contribution < 1.29 is 1.43 Å². The van der Waals surface area contributed by atoms with Crippen molar-refractivity contribution in [1.29, 1.82) is 0 Å². The monoisotopic (exact) mass is 295 g/mol. The fraction of sp³-hybridized carbons (Fsp3) is 0.176. The Morgan fingerprint density at radius 2 is 1.55 bits per heavy atom. The normalized spacial score (nSPS) is 9.77. The molecule has 3 heterocycles. The van der Waals surface area contributed by atoms with Gasteiger partial charge in [0.2, 0.25) is 5.95 Å². The predicted molar refractivity (Wildman–Crippen MR) is 91.1 cm³/mol. The summed E-state index contributed by atoms with van der Waals surface area (Å²) in [4.78, 5) is 16.8. The van der Waals surface area contributed by atoms with Crippen LogP contribution < -0.4 is 5.73 Å². The van der Waals surface area contributed by atoms with Gasteiger partial charge in [-0.3, -0.25) is 9.97 Å². The van der Waals surface area contributed by atoms with E-state index in [-0.39, 0.29) is 7.37 Å². The highest BCUT2D eigenvalue weighted by Gasteiger charge is 2.07. The number of nitrogens with two attached hydrogens (primary N) is 1. The quantitative estimate of drug-likeness (QED) is 0.778. The molecule has 0 unspecified atom stereocenters. The molecule has 0 fully saturated rings. The number of nitrogen functional groups attached to an aromatic ring is 1. The zero-order chi connectivity index (χ0) is 15.9. The number of rotatable bonds is 2. The lowest BCUT2D eigenvalue weighted by atomic mass is 10.1. The summed E-state index contributed by atoms with van der Waals surface area (Å²) in [5, 5.41) is 0. The highest BCUT2D eigenvalue weighted by atomic mass is 15.0.